The third kappa shape index (κ3) is 4.71. The van der Waals surface area contributed by atoms with Crippen molar-refractivity contribution in [1.29, 1.82) is 0 Å². The zero-order chi connectivity index (χ0) is 25.8. The summed E-state index contributed by atoms with van der Waals surface area (Å²) in [7, 11) is -3.59. The fourth-order valence-electron chi connectivity index (χ4n) is 9.77. The Labute approximate surface area is 213 Å². The van der Waals surface area contributed by atoms with E-state index in [-0.39, 0.29) is 47.0 Å². The lowest BCUT2D eigenvalue weighted by atomic mass is 9.41. The van der Waals surface area contributed by atoms with Crippen LogP contribution in [-0.4, -0.2) is 42.5 Å². The van der Waals surface area contributed by atoms with Crippen molar-refractivity contribution in [3.63, 3.8) is 0 Å². The molecule has 4 aliphatic rings. The first-order chi connectivity index (χ1) is 16.4. The molecule has 0 aliphatic heterocycles. The van der Waals surface area contributed by atoms with E-state index in [9.17, 15) is 23.4 Å². The molecule has 0 radical (unpaired) electrons. The highest BCUT2D eigenvalue weighted by Gasteiger charge is 2.64. The van der Waals surface area contributed by atoms with E-state index in [2.05, 4.69) is 32.4 Å². The van der Waals surface area contributed by atoms with Crippen LogP contribution in [0.5, 0.6) is 0 Å². The van der Waals surface area contributed by atoms with Crippen molar-refractivity contribution in [3.8, 4) is 0 Å². The lowest BCUT2D eigenvalue weighted by Crippen LogP contribution is -2.62. The molecule has 0 aromatic heterocycles. The summed E-state index contributed by atoms with van der Waals surface area (Å²) in [6, 6.07) is 0. The molecule has 202 valence electrons. The summed E-state index contributed by atoms with van der Waals surface area (Å²) in [5.41, 5.74) is 0.314. The van der Waals surface area contributed by atoms with Crippen molar-refractivity contribution in [1.82, 2.24) is 4.72 Å². The van der Waals surface area contributed by atoms with Gasteiger partial charge in [0.1, 0.15) is 0 Å². The van der Waals surface area contributed by atoms with Crippen LogP contribution in [-0.2, 0) is 14.8 Å². The number of hydrogen-bond donors (Lipinski definition) is 3. The van der Waals surface area contributed by atoms with Crippen molar-refractivity contribution in [2.45, 2.75) is 111 Å². The van der Waals surface area contributed by atoms with E-state index in [1.165, 1.54) is 0 Å². The van der Waals surface area contributed by atoms with Gasteiger partial charge in [0.2, 0.25) is 15.9 Å². The molecule has 4 fully saturated rings. The van der Waals surface area contributed by atoms with Gasteiger partial charge in [-0.15, -0.1) is 0 Å². The van der Waals surface area contributed by atoms with Gasteiger partial charge in [-0.1, -0.05) is 41.0 Å². The molecule has 35 heavy (non-hydrogen) atoms. The van der Waals surface area contributed by atoms with Crippen LogP contribution in [0, 0.1) is 52.3 Å². The van der Waals surface area contributed by atoms with Gasteiger partial charge in [-0.3, -0.25) is 9.52 Å². The number of aliphatic hydroxyl groups is 2. The van der Waals surface area contributed by atoms with Gasteiger partial charge in [-0.2, -0.15) is 0 Å². The highest BCUT2D eigenvalue weighted by molar-refractivity contribution is 7.90. The zero-order valence-corrected chi connectivity index (χ0v) is 23.3. The van der Waals surface area contributed by atoms with Gasteiger partial charge < -0.3 is 10.2 Å². The second-order valence-corrected chi connectivity index (χ2v) is 14.9. The quantitative estimate of drug-likeness (QED) is 0.467. The molecule has 0 spiro atoms. The van der Waals surface area contributed by atoms with Gasteiger partial charge in [-0.05, 0) is 104 Å². The first-order valence-electron chi connectivity index (χ1n) is 14.3. The van der Waals surface area contributed by atoms with Gasteiger partial charge in [0.15, 0.2) is 0 Å². The largest absolute Gasteiger partial charge is 0.393 e. The third-order valence-electron chi connectivity index (χ3n) is 11.6. The van der Waals surface area contributed by atoms with Crippen LogP contribution in [0.15, 0.2) is 0 Å². The Morgan fingerprint density at radius 2 is 1.66 bits per heavy atom. The van der Waals surface area contributed by atoms with E-state index in [1.54, 1.807) is 6.92 Å². The number of fused-ring (bicyclic) bond motifs is 5. The lowest BCUT2D eigenvalue weighted by Gasteiger charge is -2.64. The molecule has 6 nitrogen and oxygen atoms in total. The summed E-state index contributed by atoms with van der Waals surface area (Å²) in [6.07, 6.45) is 8.40. The maximum atomic E-state index is 12.4. The molecule has 0 bridgehead atoms. The van der Waals surface area contributed by atoms with Crippen molar-refractivity contribution in [2.75, 3.05) is 5.75 Å². The van der Waals surface area contributed by atoms with Crippen LogP contribution in [0.1, 0.15) is 98.8 Å². The zero-order valence-electron chi connectivity index (χ0n) is 22.5. The molecule has 0 saturated heterocycles. The topological polar surface area (TPSA) is 104 Å². The molecule has 1 amide bonds. The molecular formula is C28H49NO5S. The van der Waals surface area contributed by atoms with E-state index in [0.717, 1.165) is 51.4 Å². The highest BCUT2D eigenvalue weighted by atomic mass is 32.2. The molecule has 4 aliphatic carbocycles. The monoisotopic (exact) mass is 511 g/mol. The summed E-state index contributed by atoms with van der Waals surface area (Å²) in [5, 5.41) is 22.3. The Balaban J connectivity index is 1.52. The molecular weight excluding hydrogens is 462 g/mol. The maximum absolute atomic E-state index is 12.4. The highest BCUT2D eigenvalue weighted by Crippen LogP contribution is 2.69. The summed E-state index contributed by atoms with van der Waals surface area (Å²) in [5.74, 6) is 2.18. The number of amides is 1. The van der Waals surface area contributed by atoms with Crippen molar-refractivity contribution in [3.05, 3.63) is 0 Å². The number of sulfonamides is 1. The number of aliphatic hydroxyl groups excluding tert-OH is 2. The lowest BCUT2D eigenvalue weighted by molar-refractivity contribution is -0.203. The van der Waals surface area contributed by atoms with Crippen molar-refractivity contribution < 1.29 is 23.4 Å². The second kappa shape index (κ2) is 9.90. The van der Waals surface area contributed by atoms with Crippen LogP contribution in [0.2, 0.25) is 0 Å². The SMILES string of the molecule is CCC(=O)NS(=O)(=O)CC[C@@H](C)[C@H]1CCC2C3C(CC[C@@]21C)[C@@]1(C)CC[C@@H](O)C[C@H]1[C@@H](CC)[C@H]3O. The first kappa shape index (κ1) is 27.4. The normalized spacial score (nSPS) is 46.3. The predicted octanol–water partition coefficient (Wildman–Crippen LogP) is 4.50. The molecule has 3 unspecified atom stereocenters. The number of nitrogens with one attached hydrogen (secondary N) is 1. The number of carbonyl (C=O) groups excluding carboxylic acids is 1. The van der Waals surface area contributed by atoms with Crippen LogP contribution in [0.3, 0.4) is 0 Å². The maximum Gasteiger partial charge on any atom is 0.234 e. The van der Waals surface area contributed by atoms with E-state index in [0.29, 0.717) is 36.0 Å². The van der Waals surface area contributed by atoms with E-state index in [1.807, 2.05) is 0 Å². The van der Waals surface area contributed by atoms with E-state index < -0.39 is 15.9 Å². The Kier molecular flexibility index (Phi) is 7.75. The van der Waals surface area contributed by atoms with Crippen LogP contribution < -0.4 is 4.72 Å². The molecule has 4 saturated carbocycles. The average molecular weight is 512 g/mol. The number of carbonyl (C=O) groups is 1. The summed E-state index contributed by atoms with van der Waals surface area (Å²) >= 11 is 0. The number of hydrogen-bond acceptors (Lipinski definition) is 5. The molecule has 11 atom stereocenters. The second-order valence-electron chi connectivity index (χ2n) is 13.1. The number of rotatable bonds is 7. The Morgan fingerprint density at radius 3 is 2.31 bits per heavy atom. The summed E-state index contributed by atoms with van der Waals surface area (Å²) in [6.45, 7) is 10.9. The van der Waals surface area contributed by atoms with Crippen molar-refractivity contribution in [2.24, 2.45) is 52.3 Å². The first-order valence-corrected chi connectivity index (χ1v) is 15.9. The molecule has 0 aromatic rings. The van der Waals surface area contributed by atoms with Gasteiger partial charge >= 0.3 is 0 Å². The average Bonchev–Trinajstić information content (AvgIpc) is 3.16. The van der Waals surface area contributed by atoms with Gasteiger partial charge in [-0.25, -0.2) is 8.42 Å². The van der Waals surface area contributed by atoms with E-state index >= 15 is 0 Å². The predicted molar refractivity (Wildman–Crippen MR) is 138 cm³/mol. The van der Waals surface area contributed by atoms with Crippen LogP contribution in [0.4, 0.5) is 0 Å². The van der Waals surface area contributed by atoms with E-state index in [4.69, 9.17) is 0 Å². The summed E-state index contributed by atoms with van der Waals surface area (Å²) in [4.78, 5) is 11.6. The standard InChI is InChI=1S/C28H49NO5S/c1-6-19-23-16-18(30)10-13-28(23,5)22-11-14-27(4)20(8-9-21(27)25(22)26(19)32)17(3)12-15-35(33,34)29-24(31)7-2/h17-23,25-26,30,32H,6-16H2,1-5H3,(H,29,31)/t17-,18-,19-,20-,21?,22?,23+,25?,26-,27-,28-/m1/s1. The molecule has 4 rings (SSSR count). The van der Waals surface area contributed by atoms with Gasteiger partial charge in [0.05, 0.1) is 18.0 Å². The molecule has 3 N–H and O–H groups in total. The minimum Gasteiger partial charge on any atom is -0.393 e. The minimum absolute atomic E-state index is 0.00812. The Hall–Kier alpha value is -0.660. The fourth-order valence-corrected chi connectivity index (χ4v) is 11.0. The molecule has 0 heterocycles. The summed E-state index contributed by atoms with van der Waals surface area (Å²) < 4.78 is 27.0. The fraction of sp³-hybridized carbons (Fsp3) is 0.964. The third-order valence-corrected chi connectivity index (χ3v) is 12.9. The van der Waals surface area contributed by atoms with Gasteiger partial charge in [0.25, 0.3) is 0 Å². The molecule has 7 heteroatoms. The Morgan fingerprint density at radius 1 is 1.00 bits per heavy atom. The smallest absolute Gasteiger partial charge is 0.234 e. The van der Waals surface area contributed by atoms with Gasteiger partial charge in [0, 0.05) is 6.42 Å². The van der Waals surface area contributed by atoms with Crippen molar-refractivity contribution >= 4 is 15.9 Å². The van der Waals surface area contributed by atoms with Crippen LogP contribution in [0.25, 0.3) is 0 Å². The Bertz CT molecular complexity index is 892. The minimum atomic E-state index is -3.59. The molecule has 0 aromatic carbocycles. The van der Waals surface area contributed by atoms with Crippen LogP contribution >= 0.6 is 0 Å².